The third-order valence-corrected chi connectivity index (χ3v) is 3.61. The first-order valence-electron chi connectivity index (χ1n) is 6.78. The fourth-order valence-electron chi connectivity index (χ4n) is 2.15. The van der Waals surface area contributed by atoms with Crippen molar-refractivity contribution in [1.29, 1.82) is 0 Å². The van der Waals surface area contributed by atoms with Crippen LogP contribution in [-0.4, -0.2) is 18.0 Å². The predicted octanol–water partition coefficient (Wildman–Crippen LogP) is 4.29. The Kier molecular flexibility index (Phi) is 4.12. The van der Waals surface area contributed by atoms with Gasteiger partial charge in [0.05, 0.1) is 18.2 Å². The fourth-order valence-corrected chi connectivity index (χ4v) is 2.38. The number of fused-ring (bicyclic) bond motifs is 1. The molecule has 116 valence electrons. The van der Waals surface area contributed by atoms with E-state index in [1.165, 1.54) is 12.1 Å². The number of amides is 1. The first kappa shape index (κ1) is 15.2. The standard InChI is InChI=1S/C17H12ClFN2O2/c1-23-13-6-4-12(5-7-13)20-17(22)14-8-10-2-3-11(19)9-15(10)21-16(14)18/h2-9H,1H3,(H,20,22). The molecule has 0 aliphatic rings. The smallest absolute Gasteiger partial charge is 0.258 e. The van der Waals surface area contributed by atoms with Crippen molar-refractivity contribution < 1.29 is 13.9 Å². The summed E-state index contributed by atoms with van der Waals surface area (Å²) in [4.78, 5) is 16.4. The zero-order valence-electron chi connectivity index (χ0n) is 12.1. The van der Waals surface area contributed by atoms with Crippen molar-refractivity contribution in [2.75, 3.05) is 12.4 Å². The van der Waals surface area contributed by atoms with Gasteiger partial charge in [0.25, 0.3) is 5.91 Å². The molecule has 0 radical (unpaired) electrons. The summed E-state index contributed by atoms with van der Waals surface area (Å²) in [6.07, 6.45) is 0. The highest BCUT2D eigenvalue weighted by molar-refractivity contribution is 6.33. The summed E-state index contributed by atoms with van der Waals surface area (Å²) >= 11 is 6.05. The first-order valence-corrected chi connectivity index (χ1v) is 7.16. The number of benzene rings is 2. The normalized spacial score (nSPS) is 10.6. The second-order valence-electron chi connectivity index (χ2n) is 4.85. The summed E-state index contributed by atoms with van der Waals surface area (Å²) in [5.41, 5.74) is 1.23. The number of anilines is 1. The third-order valence-electron chi connectivity index (χ3n) is 3.33. The van der Waals surface area contributed by atoms with Crippen LogP contribution in [0.1, 0.15) is 10.4 Å². The molecule has 0 fully saturated rings. The zero-order chi connectivity index (χ0) is 16.4. The van der Waals surface area contributed by atoms with E-state index in [1.807, 2.05) is 0 Å². The van der Waals surface area contributed by atoms with Gasteiger partial charge in [0, 0.05) is 17.1 Å². The monoisotopic (exact) mass is 330 g/mol. The largest absolute Gasteiger partial charge is 0.497 e. The van der Waals surface area contributed by atoms with Crippen LogP contribution < -0.4 is 10.1 Å². The topological polar surface area (TPSA) is 51.2 Å². The summed E-state index contributed by atoms with van der Waals surface area (Å²) in [5, 5.41) is 3.39. The number of pyridine rings is 1. The highest BCUT2D eigenvalue weighted by Crippen LogP contribution is 2.23. The predicted molar refractivity (Wildman–Crippen MR) is 87.7 cm³/mol. The number of rotatable bonds is 3. The van der Waals surface area contributed by atoms with E-state index in [1.54, 1.807) is 43.5 Å². The Morgan fingerprint density at radius 2 is 1.91 bits per heavy atom. The Labute approximate surface area is 136 Å². The number of aromatic nitrogens is 1. The van der Waals surface area contributed by atoms with Crippen LogP contribution in [0.2, 0.25) is 5.15 Å². The van der Waals surface area contributed by atoms with Crippen LogP contribution in [0.3, 0.4) is 0 Å². The number of carbonyl (C=O) groups excluding carboxylic acids is 1. The van der Waals surface area contributed by atoms with Crippen molar-refractivity contribution in [3.05, 3.63) is 65.1 Å². The molecule has 23 heavy (non-hydrogen) atoms. The molecule has 2 aromatic carbocycles. The number of carbonyl (C=O) groups is 1. The van der Waals surface area contributed by atoms with Crippen molar-refractivity contribution in [2.45, 2.75) is 0 Å². The van der Waals surface area contributed by atoms with Crippen molar-refractivity contribution >= 4 is 34.1 Å². The lowest BCUT2D eigenvalue weighted by atomic mass is 10.1. The maximum absolute atomic E-state index is 13.2. The number of halogens is 2. The molecule has 0 aliphatic carbocycles. The highest BCUT2D eigenvalue weighted by Gasteiger charge is 2.14. The lowest BCUT2D eigenvalue weighted by Crippen LogP contribution is -2.13. The highest BCUT2D eigenvalue weighted by atomic mass is 35.5. The van der Waals surface area contributed by atoms with Crippen LogP contribution >= 0.6 is 11.6 Å². The maximum Gasteiger partial charge on any atom is 0.258 e. The average Bonchev–Trinajstić information content (AvgIpc) is 2.54. The number of hydrogen-bond acceptors (Lipinski definition) is 3. The number of ether oxygens (including phenoxy) is 1. The van der Waals surface area contributed by atoms with E-state index >= 15 is 0 Å². The zero-order valence-corrected chi connectivity index (χ0v) is 12.9. The van der Waals surface area contributed by atoms with E-state index in [0.717, 1.165) is 0 Å². The molecule has 6 heteroatoms. The number of hydrogen-bond donors (Lipinski definition) is 1. The number of nitrogens with one attached hydrogen (secondary N) is 1. The van der Waals surface area contributed by atoms with Gasteiger partial charge in [-0.3, -0.25) is 4.79 Å². The Hall–Kier alpha value is -2.66. The van der Waals surface area contributed by atoms with E-state index in [9.17, 15) is 9.18 Å². The molecule has 4 nitrogen and oxygen atoms in total. The van der Waals surface area contributed by atoms with Gasteiger partial charge in [0.15, 0.2) is 0 Å². The molecule has 0 bridgehead atoms. The summed E-state index contributed by atoms with van der Waals surface area (Å²) in [6.45, 7) is 0. The van der Waals surface area contributed by atoms with Crippen LogP contribution in [0.15, 0.2) is 48.5 Å². The third kappa shape index (κ3) is 3.24. The van der Waals surface area contributed by atoms with Crippen molar-refractivity contribution in [1.82, 2.24) is 4.98 Å². The molecule has 0 saturated carbocycles. The molecular formula is C17H12ClFN2O2. The number of methoxy groups -OCH3 is 1. The Balaban J connectivity index is 1.90. The molecule has 0 saturated heterocycles. The molecule has 1 N–H and O–H groups in total. The van der Waals surface area contributed by atoms with Crippen LogP contribution in [0, 0.1) is 5.82 Å². The van der Waals surface area contributed by atoms with Crippen LogP contribution in [-0.2, 0) is 0 Å². The van der Waals surface area contributed by atoms with Gasteiger partial charge in [-0.2, -0.15) is 0 Å². The Morgan fingerprint density at radius 3 is 2.61 bits per heavy atom. The van der Waals surface area contributed by atoms with Gasteiger partial charge < -0.3 is 10.1 Å². The first-order chi connectivity index (χ1) is 11.1. The van der Waals surface area contributed by atoms with Crippen molar-refractivity contribution in [3.8, 4) is 5.75 Å². The van der Waals surface area contributed by atoms with Crippen LogP contribution in [0.25, 0.3) is 10.9 Å². The van der Waals surface area contributed by atoms with E-state index < -0.39 is 5.82 Å². The van der Waals surface area contributed by atoms with Crippen molar-refractivity contribution in [3.63, 3.8) is 0 Å². The Morgan fingerprint density at radius 1 is 1.17 bits per heavy atom. The molecule has 3 rings (SSSR count). The summed E-state index contributed by atoms with van der Waals surface area (Å²) in [5.74, 6) is -0.106. The van der Waals surface area contributed by atoms with E-state index in [-0.39, 0.29) is 16.6 Å². The summed E-state index contributed by atoms with van der Waals surface area (Å²) < 4.78 is 18.3. The van der Waals surface area contributed by atoms with Gasteiger partial charge in [-0.1, -0.05) is 11.6 Å². The molecule has 3 aromatic rings. The second kappa shape index (κ2) is 6.22. The van der Waals surface area contributed by atoms with Crippen LogP contribution in [0.4, 0.5) is 10.1 Å². The molecule has 0 unspecified atom stereocenters. The van der Waals surface area contributed by atoms with Gasteiger partial charge in [-0.05, 0) is 42.5 Å². The minimum absolute atomic E-state index is 0.0223. The van der Waals surface area contributed by atoms with Gasteiger partial charge in [0.1, 0.15) is 16.7 Å². The van der Waals surface area contributed by atoms with Gasteiger partial charge in [-0.25, -0.2) is 9.37 Å². The van der Waals surface area contributed by atoms with Crippen LogP contribution in [0.5, 0.6) is 5.75 Å². The SMILES string of the molecule is COc1ccc(NC(=O)c2cc3ccc(F)cc3nc2Cl)cc1. The summed E-state index contributed by atoms with van der Waals surface area (Å²) in [6, 6.07) is 12.6. The van der Waals surface area contributed by atoms with Gasteiger partial charge in [-0.15, -0.1) is 0 Å². The van der Waals surface area contributed by atoms with E-state index in [0.29, 0.717) is 22.3 Å². The average molecular weight is 331 g/mol. The quantitative estimate of drug-likeness (QED) is 0.729. The summed E-state index contributed by atoms with van der Waals surface area (Å²) in [7, 11) is 1.57. The molecule has 0 atom stereocenters. The van der Waals surface area contributed by atoms with E-state index in [2.05, 4.69) is 10.3 Å². The molecule has 0 spiro atoms. The fraction of sp³-hybridized carbons (Fsp3) is 0.0588. The molecule has 1 amide bonds. The van der Waals surface area contributed by atoms with Crippen molar-refractivity contribution in [2.24, 2.45) is 0 Å². The minimum Gasteiger partial charge on any atom is -0.497 e. The van der Waals surface area contributed by atoms with Gasteiger partial charge >= 0.3 is 0 Å². The molecule has 1 heterocycles. The molecule has 1 aromatic heterocycles. The van der Waals surface area contributed by atoms with E-state index in [4.69, 9.17) is 16.3 Å². The minimum atomic E-state index is -0.406. The lowest BCUT2D eigenvalue weighted by molar-refractivity contribution is 0.102. The maximum atomic E-state index is 13.2. The number of nitrogens with zero attached hydrogens (tertiary/aromatic N) is 1. The van der Waals surface area contributed by atoms with Gasteiger partial charge in [0.2, 0.25) is 0 Å². The lowest BCUT2D eigenvalue weighted by Gasteiger charge is -2.08. The molecular weight excluding hydrogens is 319 g/mol. The molecule has 0 aliphatic heterocycles. The second-order valence-corrected chi connectivity index (χ2v) is 5.20. The Bertz CT molecular complexity index is 882.